The second-order valence-electron chi connectivity index (χ2n) is 5.70. The highest BCUT2D eigenvalue weighted by Crippen LogP contribution is 2.33. The lowest BCUT2D eigenvalue weighted by Crippen LogP contribution is -2.18. The van der Waals surface area contributed by atoms with Crippen LogP contribution in [0.1, 0.15) is 38.7 Å². The van der Waals surface area contributed by atoms with Crippen LogP contribution in [0.15, 0.2) is 12.1 Å². The number of anilines is 2. The molecule has 1 aliphatic carbocycles. The van der Waals surface area contributed by atoms with Gasteiger partial charge in [0.05, 0.1) is 5.56 Å². The summed E-state index contributed by atoms with van der Waals surface area (Å²) in [6, 6.07) is 2.13. The van der Waals surface area contributed by atoms with Crippen molar-refractivity contribution in [3.8, 4) is 0 Å². The zero-order chi connectivity index (χ0) is 15.5. The van der Waals surface area contributed by atoms with E-state index in [0.717, 1.165) is 18.6 Å². The first-order valence-electron chi connectivity index (χ1n) is 7.47. The van der Waals surface area contributed by atoms with E-state index in [1.807, 2.05) is 6.92 Å². The molecule has 0 aromatic carbocycles. The van der Waals surface area contributed by atoms with Crippen LogP contribution in [0.4, 0.5) is 24.8 Å². The molecule has 2 unspecified atom stereocenters. The van der Waals surface area contributed by atoms with Crippen molar-refractivity contribution in [3.63, 3.8) is 0 Å². The Hall–Kier alpha value is -1.46. The average molecular weight is 301 g/mol. The molecule has 3 nitrogen and oxygen atoms in total. The first-order valence-corrected chi connectivity index (χ1v) is 7.47. The van der Waals surface area contributed by atoms with Crippen molar-refractivity contribution < 1.29 is 13.2 Å². The van der Waals surface area contributed by atoms with Crippen molar-refractivity contribution in [3.05, 3.63) is 17.7 Å². The minimum absolute atomic E-state index is 0.259. The number of nitrogens with one attached hydrogen (secondary N) is 2. The molecule has 6 heteroatoms. The topological polar surface area (TPSA) is 37.0 Å². The summed E-state index contributed by atoms with van der Waals surface area (Å²) in [4.78, 5) is 4.20. The molecular formula is C15H22F3N3. The standard InChI is InChI=1S/C15H22F3N3/c1-3-19-13-7-12(15(16,17)18)8-14(21-13)20-9-11-6-4-5-10(11)2/h7-8,10-11H,3-6,9H2,1-2H3,(H2,19,20,21). The Labute approximate surface area is 123 Å². The Morgan fingerprint density at radius 3 is 2.38 bits per heavy atom. The molecule has 0 spiro atoms. The summed E-state index contributed by atoms with van der Waals surface area (Å²) < 4.78 is 38.7. The average Bonchev–Trinajstić information content (AvgIpc) is 2.81. The summed E-state index contributed by atoms with van der Waals surface area (Å²) in [5.41, 5.74) is -0.671. The molecule has 1 aromatic rings. The van der Waals surface area contributed by atoms with Crippen LogP contribution < -0.4 is 10.6 Å². The highest BCUT2D eigenvalue weighted by Gasteiger charge is 2.32. The second kappa shape index (κ2) is 6.54. The number of nitrogens with zero attached hydrogens (tertiary/aromatic N) is 1. The second-order valence-corrected chi connectivity index (χ2v) is 5.70. The van der Waals surface area contributed by atoms with Gasteiger partial charge in [-0.1, -0.05) is 19.8 Å². The lowest BCUT2D eigenvalue weighted by Gasteiger charge is -2.18. The van der Waals surface area contributed by atoms with E-state index >= 15 is 0 Å². The van der Waals surface area contributed by atoms with Crippen LogP contribution in [-0.4, -0.2) is 18.1 Å². The zero-order valence-corrected chi connectivity index (χ0v) is 12.4. The first kappa shape index (κ1) is 15.9. The third kappa shape index (κ3) is 4.25. The van der Waals surface area contributed by atoms with E-state index in [1.165, 1.54) is 12.8 Å². The summed E-state index contributed by atoms with van der Waals surface area (Å²) in [7, 11) is 0. The molecule has 0 amide bonds. The molecule has 0 radical (unpaired) electrons. The highest BCUT2D eigenvalue weighted by atomic mass is 19.4. The summed E-state index contributed by atoms with van der Waals surface area (Å²) in [5, 5.41) is 5.92. The summed E-state index contributed by atoms with van der Waals surface area (Å²) >= 11 is 0. The van der Waals surface area contributed by atoms with Gasteiger partial charge in [-0.05, 0) is 37.3 Å². The normalized spacial score (nSPS) is 22.3. The van der Waals surface area contributed by atoms with E-state index < -0.39 is 11.7 Å². The van der Waals surface area contributed by atoms with Gasteiger partial charge >= 0.3 is 6.18 Å². The van der Waals surface area contributed by atoms with E-state index in [-0.39, 0.29) is 5.82 Å². The number of hydrogen-bond donors (Lipinski definition) is 2. The Morgan fingerprint density at radius 1 is 1.19 bits per heavy atom. The molecule has 2 atom stereocenters. The molecule has 0 aliphatic heterocycles. The van der Waals surface area contributed by atoms with E-state index in [0.29, 0.717) is 30.7 Å². The Balaban J connectivity index is 2.11. The summed E-state index contributed by atoms with van der Waals surface area (Å²) in [6.45, 7) is 5.24. The third-order valence-electron chi connectivity index (χ3n) is 4.10. The molecule has 0 saturated heterocycles. The SMILES string of the molecule is CCNc1cc(C(F)(F)F)cc(NCC2CCCC2C)n1. The Bertz CT molecular complexity index is 474. The molecule has 1 heterocycles. The van der Waals surface area contributed by atoms with E-state index in [1.54, 1.807) is 0 Å². The minimum Gasteiger partial charge on any atom is -0.370 e. The lowest BCUT2D eigenvalue weighted by molar-refractivity contribution is -0.137. The number of halogens is 3. The van der Waals surface area contributed by atoms with Gasteiger partial charge in [-0.2, -0.15) is 13.2 Å². The molecule has 1 aliphatic rings. The number of alkyl halides is 3. The fourth-order valence-corrected chi connectivity index (χ4v) is 2.82. The molecule has 2 N–H and O–H groups in total. The van der Waals surface area contributed by atoms with Crippen LogP contribution in [0.2, 0.25) is 0 Å². The maximum Gasteiger partial charge on any atom is 0.416 e. The van der Waals surface area contributed by atoms with Gasteiger partial charge < -0.3 is 10.6 Å². The Kier molecular flexibility index (Phi) is 4.96. The first-order chi connectivity index (χ1) is 9.90. The van der Waals surface area contributed by atoms with Crippen LogP contribution in [0.3, 0.4) is 0 Å². The predicted octanol–water partition coefficient (Wildman–Crippen LogP) is 4.38. The largest absolute Gasteiger partial charge is 0.416 e. The van der Waals surface area contributed by atoms with Gasteiger partial charge in [-0.15, -0.1) is 0 Å². The van der Waals surface area contributed by atoms with Gasteiger partial charge in [0.15, 0.2) is 0 Å². The maximum atomic E-state index is 12.9. The van der Waals surface area contributed by atoms with Gasteiger partial charge in [-0.25, -0.2) is 4.98 Å². The van der Waals surface area contributed by atoms with Crippen LogP contribution in [0.25, 0.3) is 0 Å². The number of aromatic nitrogens is 1. The predicted molar refractivity (Wildman–Crippen MR) is 78.4 cm³/mol. The smallest absolute Gasteiger partial charge is 0.370 e. The number of pyridine rings is 1. The highest BCUT2D eigenvalue weighted by molar-refractivity contribution is 5.49. The molecule has 118 valence electrons. The molecular weight excluding hydrogens is 279 g/mol. The van der Waals surface area contributed by atoms with E-state index in [2.05, 4.69) is 22.5 Å². The van der Waals surface area contributed by atoms with Gasteiger partial charge in [0.2, 0.25) is 0 Å². The van der Waals surface area contributed by atoms with Gasteiger partial charge in [0.25, 0.3) is 0 Å². The molecule has 1 fully saturated rings. The van der Waals surface area contributed by atoms with Crippen molar-refractivity contribution >= 4 is 11.6 Å². The summed E-state index contributed by atoms with van der Waals surface area (Å²) in [5.74, 6) is 1.69. The van der Waals surface area contributed by atoms with Crippen molar-refractivity contribution in [1.29, 1.82) is 0 Å². The van der Waals surface area contributed by atoms with Crippen LogP contribution in [0.5, 0.6) is 0 Å². The van der Waals surface area contributed by atoms with E-state index in [4.69, 9.17) is 0 Å². The van der Waals surface area contributed by atoms with Crippen LogP contribution in [0, 0.1) is 11.8 Å². The van der Waals surface area contributed by atoms with Gasteiger partial charge in [0.1, 0.15) is 11.6 Å². The van der Waals surface area contributed by atoms with Crippen molar-refractivity contribution in [2.45, 2.75) is 39.3 Å². The number of rotatable bonds is 5. The molecule has 21 heavy (non-hydrogen) atoms. The monoisotopic (exact) mass is 301 g/mol. The van der Waals surface area contributed by atoms with Crippen molar-refractivity contribution in [1.82, 2.24) is 4.98 Å². The van der Waals surface area contributed by atoms with Gasteiger partial charge in [-0.3, -0.25) is 0 Å². The quantitative estimate of drug-likeness (QED) is 0.847. The molecule has 2 rings (SSSR count). The molecule has 1 saturated carbocycles. The van der Waals surface area contributed by atoms with Crippen molar-refractivity contribution in [2.75, 3.05) is 23.7 Å². The fraction of sp³-hybridized carbons (Fsp3) is 0.667. The Morgan fingerprint density at radius 2 is 1.86 bits per heavy atom. The minimum atomic E-state index is -4.36. The van der Waals surface area contributed by atoms with Crippen molar-refractivity contribution in [2.24, 2.45) is 11.8 Å². The zero-order valence-electron chi connectivity index (χ0n) is 12.4. The molecule has 1 aromatic heterocycles. The van der Waals surface area contributed by atoms with Crippen LogP contribution in [-0.2, 0) is 6.18 Å². The summed E-state index contributed by atoms with van der Waals surface area (Å²) in [6.07, 6.45) is -0.825. The number of hydrogen-bond acceptors (Lipinski definition) is 3. The van der Waals surface area contributed by atoms with E-state index in [9.17, 15) is 13.2 Å². The maximum absolute atomic E-state index is 12.9. The molecule has 0 bridgehead atoms. The van der Waals surface area contributed by atoms with Gasteiger partial charge in [0, 0.05) is 13.1 Å². The lowest BCUT2D eigenvalue weighted by atomic mass is 9.98. The third-order valence-corrected chi connectivity index (χ3v) is 4.10. The van der Waals surface area contributed by atoms with Crippen LogP contribution >= 0.6 is 0 Å². The fourth-order valence-electron chi connectivity index (χ4n) is 2.82.